The van der Waals surface area contributed by atoms with Gasteiger partial charge in [0, 0.05) is 5.56 Å². The first-order valence-corrected chi connectivity index (χ1v) is 7.93. The summed E-state index contributed by atoms with van der Waals surface area (Å²) in [6.45, 7) is -0.652. The van der Waals surface area contributed by atoms with Crippen molar-refractivity contribution >= 4 is 18.2 Å². The number of phenolic OH excluding ortho intramolecular Hbond substituents is 2. The summed E-state index contributed by atoms with van der Waals surface area (Å²) < 4.78 is 4.97. The van der Waals surface area contributed by atoms with Gasteiger partial charge >= 0.3 is 6.09 Å². The van der Waals surface area contributed by atoms with Crippen molar-refractivity contribution in [1.29, 1.82) is 0 Å². The summed E-state index contributed by atoms with van der Waals surface area (Å²) >= 11 is 0. The molecule has 1 atom stereocenters. The predicted octanol–water partition coefficient (Wildman–Crippen LogP) is 0.835. The van der Waals surface area contributed by atoms with Gasteiger partial charge in [0.15, 0.2) is 11.5 Å². The van der Waals surface area contributed by atoms with Gasteiger partial charge in [-0.2, -0.15) is 5.10 Å². The Bertz CT molecular complexity index is 810. The first-order valence-electron chi connectivity index (χ1n) is 7.93. The number of hydrazone groups is 1. The van der Waals surface area contributed by atoms with E-state index in [1.54, 1.807) is 24.3 Å². The Balaban J connectivity index is 1.84. The lowest BCUT2D eigenvalue weighted by atomic mass is 10.2. The molecule has 0 heterocycles. The number of benzene rings is 2. The Morgan fingerprint density at radius 1 is 1.11 bits per heavy atom. The van der Waals surface area contributed by atoms with Gasteiger partial charge in [-0.1, -0.05) is 36.4 Å². The Hall–Kier alpha value is -3.59. The number of hydrogen-bond acceptors (Lipinski definition) is 7. The van der Waals surface area contributed by atoms with E-state index in [2.05, 4.69) is 15.8 Å². The smallest absolute Gasteiger partial charge is 0.408 e. The van der Waals surface area contributed by atoms with Crippen molar-refractivity contribution in [3.63, 3.8) is 0 Å². The van der Waals surface area contributed by atoms with Gasteiger partial charge in [-0.15, -0.1) is 0 Å². The van der Waals surface area contributed by atoms with Crippen LogP contribution >= 0.6 is 0 Å². The highest BCUT2D eigenvalue weighted by molar-refractivity contribution is 5.88. The van der Waals surface area contributed by atoms with Crippen LogP contribution in [-0.4, -0.2) is 46.2 Å². The molecule has 5 N–H and O–H groups in total. The molecule has 0 bridgehead atoms. The Kier molecular flexibility index (Phi) is 7.15. The number of carbonyl (C=O) groups is 2. The van der Waals surface area contributed by atoms with E-state index in [0.717, 1.165) is 11.8 Å². The number of carbonyl (C=O) groups excluding carboxylic acids is 2. The number of nitrogens with one attached hydrogen (secondary N) is 2. The van der Waals surface area contributed by atoms with Gasteiger partial charge in [-0.05, 0) is 17.7 Å². The molecule has 0 aliphatic heterocycles. The fourth-order valence-electron chi connectivity index (χ4n) is 2.00. The van der Waals surface area contributed by atoms with Crippen molar-refractivity contribution in [2.24, 2.45) is 5.10 Å². The molecular formula is C18H19N3O6. The second kappa shape index (κ2) is 9.78. The third-order valence-corrected chi connectivity index (χ3v) is 3.43. The van der Waals surface area contributed by atoms with Gasteiger partial charge in [0.2, 0.25) is 0 Å². The number of para-hydroxylation sites is 1. The number of alkyl carbamates (subject to hydrolysis) is 1. The fourth-order valence-corrected chi connectivity index (χ4v) is 2.00. The maximum Gasteiger partial charge on any atom is 0.408 e. The number of aromatic hydroxyl groups is 2. The van der Waals surface area contributed by atoms with Crippen molar-refractivity contribution in [2.45, 2.75) is 12.6 Å². The number of rotatable bonds is 7. The molecule has 27 heavy (non-hydrogen) atoms. The monoisotopic (exact) mass is 373 g/mol. The number of ether oxygens (including phenoxy) is 1. The van der Waals surface area contributed by atoms with Crippen molar-refractivity contribution < 1.29 is 29.6 Å². The van der Waals surface area contributed by atoms with Crippen LogP contribution in [0.25, 0.3) is 0 Å². The molecule has 2 amide bonds. The Morgan fingerprint density at radius 2 is 1.85 bits per heavy atom. The SMILES string of the molecule is O=C(N[C@@H](CO)C(=O)N/N=C/c1cccc(O)c1O)OCc1ccccc1. The summed E-state index contributed by atoms with van der Waals surface area (Å²) in [4.78, 5) is 23.7. The lowest BCUT2D eigenvalue weighted by molar-refractivity contribution is -0.123. The molecule has 0 aliphatic rings. The zero-order valence-electron chi connectivity index (χ0n) is 14.2. The Labute approximate surface area is 154 Å². The molecule has 0 saturated carbocycles. The van der Waals surface area contributed by atoms with E-state index in [1.165, 1.54) is 18.2 Å². The van der Waals surface area contributed by atoms with Gasteiger partial charge in [0.1, 0.15) is 12.6 Å². The highest BCUT2D eigenvalue weighted by Crippen LogP contribution is 2.26. The highest BCUT2D eigenvalue weighted by atomic mass is 16.5. The molecule has 0 saturated heterocycles. The van der Waals surface area contributed by atoms with Crippen LogP contribution in [0.4, 0.5) is 4.79 Å². The second-order valence-corrected chi connectivity index (χ2v) is 5.39. The number of hydrogen-bond donors (Lipinski definition) is 5. The number of phenols is 2. The summed E-state index contributed by atoms with van der Waals surface area (Å²) in [5, 5.41) is 34.1. The topological polar surface area (TPSA) is 140 Å². The van der Waals surface area contributed by atoms with Gasteiger partial charge < -0.3 is 25.4 Å². The number of aliphatic hydroxyl groups excluding tert-OH is 1. The molecular weight excluding hydrogens is 354 g/mol. The summed E-state index contributed by atoms with van der Waals surface area (Å²) in [6, 6.07) is 11.9. The normalized spacial score (nSPS) is 11.7. The van der Waals surface area contributed by atoms with Crippen LogP contribution in [0.3, 0.4) is 0 Å². The third kappa shape index (κ3) is 6.01. The van der Waals surface area contributed by atoms with Gasteiger partial charge in [0.05, 0.1) is 12.8 Å². The van der Waals surface area contributed by atoms with Crippen LogP contribution in [-0.2, 0) is 16.1 Å². The lowest BCUT2D eigenvalue weighted by Crippen LogP contribution is -2.47. The molecule has 0 aromatic heterocycles. The second-order valence-electron chi connectivity index (χ2n) is 5.39. The van der Waals surface area contributed by atoms with E-state index in [1.807, 2.05) is 6.07 Å². The van der Waals surface area contributed by atoms with Gasteiger partial charge in [-0.25, -0.2) is 10.2 Å². The van der Waals surface area contributed by atoms with E-state index in [9.17, 15) is 24.9 Å². The zero-order valence-corrected chi connectivity index (χ0v) is 14.2. The highest BCUT2D eigenvalue weighted by Gasteiger charge is 2.20. The van der Waals surface area contributed by atoms with Gasteiger partial charge in [-0.3, -0.25) is 4.79 Å². The van der Waals surface area contributed by atoms with Crippen LogP contribution in [0.1, 0.15) is 11.1 Å². The molecule has 142 valence electrons. The molecule has 0 fully saturated rings. The first-order chi connectivity index (χ1) is 13.0. The summed E-state index contributed by atoms with van der Waals surface area (Å²) in [5.41, 5.74) is 3.06. The minimum Gasteiger partial charge on any atom is -0.504 e. The molecule has 0 radical (unpaired) electrons. The molecule has 9 nitrogen and oxygen atoms in total. The van der Waals surface area contributed by atoms with E-state index in [-0.39, 0.29) is 17.9 Å². The zero-order chi connectivity index (χ0) is 19.6. The minimum absolute atomic E-state index is 0.0152. The van der Waals surface area contributed by atoms with Crippen molar-refractivity contribution in [3.05, 3.63) is 59.7 Å². The van der Waals surface area contributed by atoms with Crippen molar-refractivity contribution in [3.8, 4) is 11.5 Å². The average molecular weight is 373 g/mol. The fraction of sp³-hybridized carbons (Fsp3) is 0.167. The largest absolute Gasteiger partial charge is 0.504 e. The quantitative estimate of drug-likeness (QED) is 0.277. The molecule has 0 unspecified atom stereocenters. The minimum atomic E-state index is -1.27. The lowest BCUT2D eigenvalue weighted by Gasteiger charge is -2.14. The Morgan fingerprint density at radius 3 is 2.56 bits per heavy atom. The molecule has 2 aromatic carbocycles. The van der Waals surface area contributed by atoms with E-state index in [0.29, 0.717) is 0 Å². The first kappa shape index (κ1) is 19.7. The van der Waals surface area contributed by atoms with Crippen LogP contribution in [0.5, 0.6) is 11.5 Å². The predicted molar refractivity (Wildman–Crippen MR) is 96.1 cm³/mol. The van der Waals surface area contributed by atoms with Crippen molar-refractivity contribution in [1.82, 2.24) is 10.7 Å². The van der Waals surface area contributed by atoms with Crippen LogP contribution in [0.2, 0.25) is 0 Å². The molecule has 0 aliphatic carbocycles. The van der Waals surface area contributed by atoms with Gasteiger partial charge in [0.25, 0.3) is 5.91 Å². The van der Waals surface area contributed by atoms with Crippen molar-refractivity contribution in [2.75, 3.05) is 6.61 Å². The molecule has 2 rings (SSSR count). The molecule has 0 spiro atoms. The summed E-state index contributed by atoms with van der Waals surface area (Å²) in [6.07, 6.45) is 0.234. The molecule has 2 aromatic rings. The maximum absolute atomic E-state index is 12.0. The number of nitrogens with zero attached hydrogens (tertiary/aromatic N) is 1. The number of aliphatic hydroxyl groups is 1. The van der Waals surface area contributed by atoms with E-state index < -0.39 is 30.4 Å². The number of amides is 2. The maximum atomic E-state index is 12.0. The average Bonchev–Trinajstić information content (AvgIpc) is 2.68. The summed E-state index contributed by atoms with van der Waals surface area (Å²) in [5.74, 6) is -1.51. The van der Waals surface area contributed by atoms with Crippen LogP contribution in [0.15, 0.2) is 53.6 Å². The summed E-state index contributed by atoms with van der Waals surface area (Å²) in [7, 11) is 0. The van der Waals surface area contributed by atoms with E-state index in [4.69, 9.17) is 4.74 Å². The van der Waals surface area contributed by atoms with E-state index >= 15 is 0 Å². The third-order valence-electron chi connectivity index (χ3n) is 3.43. The standard InChI is InChI=1S/C18H19N3O6/c22-10-14(20-18(26)27-11-12-5-2-1-3-6-12)17(25)21-19-9-13-7-4-8-15(23)16(13)24/h1-9,14,22-24H,10-11H2,(H,20,26)(H,21,25)/b19-9+/t14-/m0/s1. The van der Waals surface area contributed by atoms with Crippen LogP contribution in [0, 0.1) is 0 Å². The molecule has 9 heteroatoms. The van der Waals surface area contributed by atoms with Crippen LogP contribution < -0.4 is 10.7 Å².